The Labute approximate surface area is 164 Å². The summed E-state index contributed by atoms with van der Waals surface area (Å²) in [5.41, 5.74) is -2.07. The van der Waals surface area contributed by atoms with Gasteiger partial charge in [0.2, 0.25) is 0 Å². The highest BCUT2D eigenvalue weighted by molar-refractivity contribution is 7.90. The van der Waals surface area contributed by atoms with Crippen molar-refractivity contribution in [2.45, 2.75) is 23.9 Å². The number of nitrogens with zero attached hydrogens (tertiary/aromatic N) is 2. The first kappa shape index (κ1) is 23.0. The number of hydrogen-bond acceptors (Lipinski definition) is 6. The second kappa shape index (κ2) is 7.88. The van der Waals surface area contributed by atoms with Crippen LogP contribution in [0.15, 0.2) is 34.1 Å². The zero-order valence-electron chi connectivity index (χ0n) is 15.3. The average molecular weight is 454 g/mol. The minimum atomic E-state index is -4.78. The summed E-state index contributed by atoms with van der Waals surface area (Å²) in [5, 5.41) is 3.79. The summed E-state index contributed by atoms with van der Waals surface area (Å²) in [5.74, 6) is -0.649. The Balaban J connectivity index is 2.71. The lowest BCUT2D eigenvalue weighted by Gasteiger charge is -2.15. The number of hydrogen-bond donors (Lipinski definition) is 1. The van der Waals surface area contributed by atoms with Gasteiger partial charge in [-0.2, -0.15) is 26.7 Å². The Bertz CT molecular complexity index is 1200. The Morgan fingerprint density at radius 3 is 2.28 bits per heavy atom. The number of sulfone groups is 1. The smallest absolute Gasteiger partial charge is 0.286 e. The molecule has 0 fully saturated rings. The standard InChI is InChI=1S/C16H17F3N2O6S2/c1-21-15(22)12(4-3-7-29(25,26)27)13(9-20-21)11-6-5-10(16(17,18)19)8-14(11)28(2,23)24/h5-6,8-9H,3-4,7H2,1-2H3,(H,25,26,27). The maximum absolute atomic E-state index is 13.0. The van der Waals surface area contributed by atoms with Crippen LogP contribution in [0, 0.1) is 0 Å². The Morgan fingerprint density at radius 1 is 1.14 bits per heavy atom. The summed E-state index contributed by atoms with van der Waals surface area (Å²) >= 11 is 0. The molecule has 13 heteroatoms. The summed E-state index contributed by atoms with van der Waals surface area (Å²) in [6.45, 7) is 0. The first-order valence-corrected chi connectivity index (χ1v) is 11.5. The van der Waals surface area contributed by atoms with Gasteiger partial charge in [-0.3, -0.25) is 9.35 Å². The number of benzene rings is 1. The molecule has 2 aromatic rings. The summed E-state index contributed by atoms with van der Waals surface area (Å²) in [6.07, 6.45) is -3.25. The number of rotatable bonds is 6. The first-order valence-electron chi connectivity index (χ1n) is 8.03. The van der Waals surface area contributed by atoms with Crippen LogP contribution in [0.3, 0.4) is 0 Å². The molecule has 8 nitrogen and oxygen atoms in total. The van der Waals surface area contributed by atoms with E-state index in [1.165, 1.54) is 7.05 Å². The van der Waals surface area contributed by atoms with Crippen molar-refractivity contribution in [2.75, 3.05) is 12.0 Å². The SMILES string of the molecule is Cn1ncc(-c2ccc(C(F)(F)F)cc2S(C)(=O)=O)c(CCCS(=O)(=O)O)c1=O. The van der Waals surface area contributed by atoms with Gasteiger partial charge in [-0.1, -0.05) is 6.07 Å². The molecule has 1 N–H and O–H groups in total. The molecule has 0 saturated carbocycles. The predicted octanol–water partition coefficient (Wildman–Crippen LogP) is 1.69. The van der Waals surface area contributed by atoms with Gasteiger partial charge in [0.05, 0.1) is 22.4 Å². The maximum atomic E-state index is 13.0. The van der Waals surface area contributed by atoms with Crippen LogP contribution >= 0.6 is 0 Å². The molecule has 29 heavy (non-hydrogen) atoms. The fourth-order valence-electron chi connectivity index (χ4n) is 2.72. The largest absolute Gasteiger partial charge is 0.416 e. The van der Waals surface area contributed by atoms with Crippen LogP contribution in [0.1, 0.15) is 17.5 Å². The minimum absolute atomic E-state index is 0.0300. The number of halogens is 3. The molecule has 0 spiro atoms. The molecule has 0 saturated heterocycles. The zero-order valence-corrected chi connectivity index (χ0v) is 16.9. The predicted molar refractivity (Wildman–Crippen MR) is 97.8 cm³/mol. The van der Waals surface area contributed by atoms with Crippen LogP contribution in [-0.4, -0.2) is 43.2 Å². The fraction of sp³-hybridized carbons (Fsp3) is 0.375. The highest BCUT2D eigenvalue weighted by Crippen LogP contribution is 2.36. The van der Waals surface area contributed by atoms with Gasteiger partial charge in [-0.05, 0) is 25.0 Å². The van der Waals surface area contributed by atoms with Crippen molar-refractivity contribution in [2.24, 2.45) is 7.05 Å². The van der Waals surface area contributed by atoms with E-state index in [0.29, 0.717) is 12.1 Å². The quantitative estimate of drug-likeness (QED) is 0.659. The molecule has 0 aliphatic rings. The second-order valence-electron chi connectivity index (χ2n) is 6.34. The van der Waals surface area contributed by atoms with E-state index in [4.69, 9.17) is 4.55 Å². The van der Waals surface area contributed by atoms with Gasteiger partial charge in [0.1, 0.15) is 0 Å². The molecule has 0 bridgehead atoms. The van der Waals surface area contributed by atoms with Gasteiger partial charge in [-0.25, -0.2) is 13.1 Å². The van der Waals surface area contributed by atoms with Crippen LogP contribution in [-0.2, 0) is 39.6 Å². The van der Waals surface area contributed by atoms with Crippen molar-refractivity contribution in [1.82, 2.24) is 9.78 Å². The first-order chi connectivity index (χ1) is 13.1. The van der Waals surface area contributed by atoms with Crippen molar-refractivity contribution in [3.8, 4) is 11.1 Å². The Hall–Kier alpha value is -2.25. The van der Waals surface area contributed by atoms with E-state index in [9.17, 15) is 34.8 Å². The third-order valence-corrected chi connectivity index (χ3v) is 6.01. The average Bonchev–Trinajstić information content (AvgIpc) is 2.55. The van der Waals surface area contributed by atoms with Gasteiger partial charge < -0.3 is 0 Å². The molecular formula is C16H17F3N2O6S2. The van der Waals surface area contributed by atoms with E-state index in [0.717, 1.165) is 23.2 Å². The van der Waals surface area contributed by atoms with Crippen molar-refractivity contribution < 1.29 is 34.6 Å². The minimum Gasteiger partial charge on any atom is -0.286 e. The van der Waals surface area contributed by atoms with Crippen molar-refractivity contribution >= 4 is 20.0 Å². The van der Waals surface area contributed by atoms with Crippen LogP contribution < -0.4 is 5.56 Å². The number of alkyl halides is 3. The van der Waals surface area contributed by atoms with Crippen LogP contribution in [0.25, 0.3) is 11.1 Å². The van der Waals surface area contributed by atoms with E-state index in [1.807, 2.05) is 0 Å². The number of aromatic nitrogens is 2. The molecular weight excluding hydrogens is 437 g/mol. The molecule has 0 aliphatic carbocycles. The molecule has 160 valence electrons. The molecule has 1 heterocycles. The Kier molecular flexibility index (Phi) is 6.26. The van der Waals surface area contributed by atoms with E-state index < -0.39 is 47.9 Å². The third-order valence-electron chi connectivity index (χ3n) is 4.06. The fourth-order valence-corrected chi connectivity index (χ4v) is 4.15. The zero-order chi connectivity index (χ0) is 22.2. The summed E-state index contributed by atoms with van der Waals surface area (Å²) < 4.78 is 95.0. The van der Waals surface area contributed by atoms with Crippen LogP contribution in [0.4, 0.5) is 13.2 Å². The van der Waals surface area contributed by atoms with Crippen LogP contribution in [0.2, 0.25) is 0 Å². The number of aryl methyl sites for hydroxylation is 1. The van der Waals surface area contributed by atoms with Gasteiger partial charge >= 0.3 is 6.18 Å². The van der Waals surface area contributed by atoms with Gasteiger partial charge in [0, 0.05) is 30.0 Å². The molecule has 0 atom stereocenters. The van der Waals surface area contributed by atoms with Crippen molar-refractivity contribution in [3.63, 3.8) is 0 Å². The summed E-state index contributed by atoms with van der Waals surface area (Å²) in [4.78, 5) is 11.8. The molecule has 0 amide bonds. The summed E-state index contributed by atoms with van der Waals surface area (Å²) in [6, 6.07) is 2.09. The van der Waals surface area contributed by atoms with E-state index in [2.05, 4.69) is 5.10 Å². The monoisotopic (exact) mass is 454 g/mol. The lowest BCUT2D eigenvalue weighted by molar-refractivity contribution is -0.137. The highest BCUT2D eigenvalue weighted by Gasteiger charge is 2.32. The Morgan fingerprint density at radius 2 is 1.76 bits per heavy atom. The van der Waals surface area contributed by atoms with Gasteiger partial charge in [0.25, 0.3) is 15.7 Å². The van der Waals surface area contributed by atoms with E-state index in [1.54, 1.807) is 0 Å². The summed E-state index contributed by atoms with van der Waals surface area (Å²) in [7, 11) is -7.11. The molecule has 1 aromatic heterocycles. The highest BCUT2D eigenvalue weighted by atomic mass is 32.2. The topological polar surface area (TPSA) is 123 Å². The normalized spacial score (nSPS) is 12.9. The molecule has 0 aliphatic heterocycles. The van der Waals surface area contributed by atoms with Gasteiger partial charge in [-0.15, -0.1) is 0 Å². The second-order valence-corrected chi connectivity index (χ2v) is 9.89. The van der Waals surface area contributed by atoms with Crippen molar-refractivity contribution in [1.29, 1.82) is 0 Å². The van der Waals surface area contributed by atoms with Crippen LogP contribution in [0.5, 0.6) is 0 Å². The van der Waals surface area contributed by atoms with E-state index >= 15 is 0 Å². The third kappa shape index (κ3) is 5.64. The van der Waals surface area contributed by atoms with Crippen molar-refractivity contribution in [3.05, 3.63) is 45.9 Å². The molecule has 0 radical (unpaired) electrons. The van der Waals surface area contributed by atoms with Gasteiger partial charge in [0.15, 0.2) is 9.84 Å². The lowest BCUT2D eigenvalue weighted by Crippen LogP contribution is -2.25. The molecule has 2 rings (SSSR count). The lowest BCUT2D eigenvalue weighted by atomic mass is 9.98. The maximum Gasteiger partial charge on any atom is 0.416 e. The molecule has 0 unspecified atom stereocenters. The van der Waals surface area contributed by atoms with E-state index in [-0.39, 0.29) is 29.5 Å². The molecule has 1 aromatic carbocycles.